The second-order valence-corrected chi connectivity index (χ2v) is 6.15. The number of benzene rings is 1. The van der Waals surface area contributed by atoms with Gasteiger partial charge in [-0.2, -0.15) is 0 Å². The van der Waals surface area contributed by atoms with Gasteiger partial charge in [0.05, 0.1) is 11.1 Å². The van der Waals surface area contributed by atoms with E-state index in [1.807, 2.05) is 29.6 Å². The smallest absolute Gasteiger partial charge is 0.181 e. The van der Waals surface area contributed by atoms with Crippen molar-refractivity contribution >= 4 is 50.5 Å². The fourth-order valence-corrected chi connectivity index (χ4v) is 3.34. The quantitative estimate of drug-likeness (QED) is 0.558. The summed E-state index contributed by atoms with van der Waals surface area (Å²) in [7, 11) is 0. The van der Waals surface area contributed by atoms with Gasteiger partial charge in [-0.3, -0.25) is 0 Å². The Morgan fingerprint density at radius 2 is 1.75 bits per heavy atom. The van der Waals surface area contributed by atoms with Gasteiger partial charge >= 0.3 is 0 Å². The van der Waals surface area contributed by atoms with Crippen molar-refractivity contribution < 1.29 is 0 Å². The molecule has 1 aromatic carbocycles. The lowest BCUT2D eigenvalue weighted by atomic mass is 10.1. The molecule has 3 aromatic rings. The summed E-state index contributed by atoms with van der Waals surface area (Å²) in [6.45, 7) is 0. The minimum Gasteiger partial charge on any atom is -0.241 e. The van der Waals surface area contributed by atoms with Crippen molar-refractivity contribution in [2.24, 2.45) is 0 Å². The van der Waals surface area contributed by atoms with E-state index in [1.165, 1.54) is 11.3 Å². The molecule has 0 radical (unpaired) electrons. The summed E-state index contributed by atoms with van der Waals surface area (Å²) in [5, 5.41) is 2.46. The van der Waals surface area contributed by atoms with Gasteiger partial charge in [0.25, 0.3) is 0 Å². The first-order valence-corrected chi connectivity index (χ1v) is 8.02. The number of aromatic nitrogens is 3. The van der Waals surface area contributed by atoms with E-state index in [0.29, 0.717) is 27.4 Å². The Hall–Kier alpha value is -1.01. The topological polar surface area (TPSA) is 38.7 Å². The molecule has 0 saturated heterocycles. The van der Waals surface area contributed by atoms with Crippen LogP contribution in [0.5, 0.6) is 0 Å². The summed E-state index contributed by atoms with van der Waals surface area (Å²) in [5.41, 5.74) is 3.84. The van der Waals surface area contributed by atoms with Crippen LogP contribution in [0.15, 0.2) is 39.6 Å². The summed E-state index contributed by atoms with van der Waals surface area (Å²) in [5.74, 6) is 0.428. The normalized spacial score (nSPS) is 10.8. The zero-order chi connectivity index (χ0) is 14.1. The van der Waals surface area contributed by atoms with Crippen molar-refractivity contribution in [1.82, 2.24) is 15.0 Å². The van der Waals surface area contributed by atoms with Crippen molar-refractivity contribution in [3.63, 3.8) is 0 Å². The largest absolute Gasteiger partial charge is 0.241 e. The van der Waals surface area contributed by atoms with E-state index >= 15 is 0 Å². The Morgan fingerprint density at radius 3 is 2.35 bits per heavy atom. The molecular weight excluding hydrogens is 381 g/mol. The molecule has 0 unspecified atom stereocenters. The van der Waals surface area contributed by atoms with E-state index < -0.39 is 0 Å². The average molecular weight is 387 g/mol. The SMILES string of the molecule is Clc1nc(-c2cscn2)nc(Cl)c1-c1ccccc1Br. The molecule has 0 amide bonds. The maximum atomic E-state index is 6.28. The number of thiazole rings is 1. The van der Waals surface area contributed by atoms with Gasteiger partial charge in [0.15, 0.2) is 5.82 Å². The molecule has 0 N–H and O–H groups in total. The van der Waals surface area contributed by atoms with Crippen molar-refractivity contribution in [2.45, 2.75) is 0 Å². The molecule has 3 nitrogen and oxygen atoms in total. The Kier molecular flexibility index (Phi) is 4.03. The highest BCUT2D eigenvalue weighted by molar-refractivity contribution is 9.10. The average Bonchev–Trinajstić information content (AvgIpc) is 2.94. The lowest BCUT2D eigenvalue weighted by Crippen LogP contribution is -1.95. The van der Waals surface area contributed by atoms with Gasteiger partial charge in [0.1, 0.15) is 16.0 Å². The number of nitrogens with zero attached hydrogens (tertiary/aromatic N) is 3. The number of rotatable bonds is 2. The second-order valence-electron chi connectivity index (χ2n) is 3.86. The highest BCUT2D eigenvalue weighted by Gasteiger charge is 2.17. The molecule has 0 fully saturated rings. The van der Waals surface area contributed by atoms with E-state index in [4.69, 9.17) is 23.2 Å². The zero-order valence-electron chi connectivity index (χ0n) is 9.85. The van der Waals surface area contributed by atoms with Crippen molar-refractivity contribution in [1.29, 1.82) is 0 Å². The van der Waals surface area contributed by atoms with E-state index in [9.17, 15) is 0 Å². The second kappa shape index (κ2) is 5.77. The van der Waals surface area contributed by atoms with Crippen molar-refractivity contribution in [2.75, 3.05) is 0 Å². The standard InChI is InChI=1S/C13H6BrCl2N3S/c14-8-4-2-1-3-7(8)10-11(15)18-13(19-12(10)16)9-5-20-6-17-9/h1-6H. The van der Waals surface area contributed by atoms with Gasteiger partial charge < -0.3 is 0 Å². The van der Waals surface area contributed by atoms with Gasteiger partial charge in [0.2, 0.25) is 0 Å². The molecule has 2 aromatic heterocycles. The lowest BCUT2D eigenvalue weighted by Gasteiger charge is -2.09. The monoisotopic (exact) mass is 385 g/mol. The van der Waals surface area contributed by atoms with Crippen LogP contribution < -0.4 is 0 Å². The van der Waals surface area contributed by atoms with Gasteiger partial charge in [-0.25, -0.2) is 15.0 Å². The summed E-state index contributed by atoms with van der Waals surface area (Å²) < 4.78 is 0.883. The maximum absolute atomic E-state index is 6.28. The van der Waals surface area contributed by atoms with E-state index in [2.05, 4.69) is 30.9 Å². The summed E-state index contributed by atoms with van der Waals surface area (Å²) >= 11 is 17.5. The van der Waals surface area contributed by atoms with Crippen LogP contribution in [-0.4, -0.2) is 15.0 Å². The zero-order valence-corrected chi connectivity index (χ0v) is 13.8. The molecule has 7 heteroatoms. The Labute approximate surface area is 137 Å². The fourth-order valence-electron chi connectivity index (χ4n) is 1.73. The van der Waals surface area contributed by atoms with E-state index in [0.717, 1.165) is 10.0 Å². The molecule has 0 aliphatic carbocycles. The van der Waals surface area contributed by atoms with Crippen LogP contribution in [-0.2, 0) is 0 Å². The molecule has 100 valence electrons. The molecule has 0 saturated carbocycles. The molecule has 3 rings (SSSR count). The molecular formula is C13H6BrCl2N3S. The van der Waals surface area contributed by atoms with Crippen molar-refractivity contribution in [3.8, 4) is 22.6 Å². The first-order valence-electron chi connectivity index (χ1n) is 5.53. The van der Waals surface area contributed by atoms with Gasteiger partial charge in [0, 0.05) is 15.4 Å². The minimum absolute atomic E-state index is 0.305. The van der Waals surface area contributed by atoms with Crippen LogP contribution in [0, 0.1) is 0 Å². The summed E-state index contributed by atoms with van der Waals surface area (Å²) in [6, 6.07) is 7.64. The van der Waals surface area contributed by atoms with Gasteiger partial charge in [-0.1, -0.05) is 57.3 Å². The molecule has 0 spiro atoms. The van der Waals surface area contributed by atoms with Crippen LogP contribution in [0.3, 0.4) is 0 Å². The first kappa shape index (κ1) is 13.9. The summed E-state index contributed by atoms with van der Waals surface area (Å²) in [4.78, 5) is 12.7. The molecule has 20 heavy (non-hydrogen) atoms. The summed E-state index contributed by atoms with van der Waals surface area (Å²) in [6.07, 6.45) is 0. The van der Waals surface area contributed by atoms with Crippen LogP contribution in [0.25, 0.3) is 22.6 Å². The third kappa shape index (κ3) is 2.59. The number of hydrogen-bond acceptors (Lipinski definition) is 4. The Morgan fingerprint density at radius 1 is 1.05 bits per heavy atom. The first-order chi connectivity index (χ1) is 9.66. The van der Waals surface area contributed by atoms with E-state index in [-0.39, 0.29) is 0 Å². The molecule has 0 aliphatic heterocycles. The minimum atomic E-state index is 0.305. The Balaban J connectivity index is 2.17. The molecule has 0 atom stereocenters. The fraction of sp³-hybridized carbons (Fsp3) is 0. The van der Waals surface area contributed by atoms with Crippen LogP contribution in [0.4, 0.5) is 0 Å². The molecule has 0 bridgehead atoms. The van der Waals surface area contributed by atoms with Crippen LogP contribution in [0.1, 0.15) is 0 Å². The highest BCUT2D eigenvalue weighted by atomic mass is 79.9. The van der Waals surface area contributed by atoms with Crippen LogP contribution >= 0.6 is 50.5 Å². The van der Waals surface area contributed by atoms with Gasteiger partial charge in [-0.05, 0) is 6.07 Å². The third-order valence-corrected chi connectivity index (χ3v) is 4.45. The molecule has 0 aliphatic rings. The van der Waals surface area contributed by atoms with Gasteiger partial charge in [-0.15, -0.1) is 11.3 Å². The molecule has 2 heterocycles. The Bertz CT molecular complexity index is 739. The predicted molar refractivity (Wildman–Crippen MR) is 86.3 cm³/mol. The third-order valence-electron chi connectivity index (χ3n) is 2.63. The number of hydrogen-bond donors (Lipinski definition) is 0. The van der Waals surface area contributed by atoms with E-state index in [1.54, 1.807) is 5.51 Å². The maximum Gasteiger partial charge on any atom is 0.181 e. The highest BCUT2D eigenvalue weighted by Crippen LogP contribution is 2.37. The van der Waals surface area contributed by atoms with Crippen molar-refractivity contribution in [3.05, 3.63) is 49.9 Å². The number of halogens is 3. The lowest BCUT2D eigenvalue weighted by molar-refractivity contribution is 1.15. The predicted octanol–water partition coefficient (Wildman–Crippen LogP) is 5.34. The van der Waals surface area contributed by atoms with Crippen LogP contribution in [0.2, 0.25) is 10.3 Å².